The Balaban J connectivity index is 2.18. The maximum absolute atomic E-state index is 12.7. The number of carbonyl (C=O) groups is 1. The Hall–Kier alpha value is -2.77. The van der Waals surface area contributed by atoms with Crippen LogP contribution in [0.15, 0.2) is 16.5 Å². The Kier molecular flexibility index (Phi) is 8.76. The van der Waals surface area contributed by atoms with Crippen LogP contribution in [0.4, 0.5) is 0 Å². The molecule has 0 fully saturated rings. The van der Waals surface area contributed by atoms with Crippen molar-refractivity contribution in [1.29, 1.82) is 0 Å². The maximum atomic E-state index is 12.7. The summed E-state index contributed by atoms with van der Waals surface area (Å²) < 4.78 is 21.8. The van der Waals surface area contributed by atoms with Gasteiger partial charge in [0.1, 0.15) is 6.42 Å². The summed E-state index contributed by atoms with van der Waals surface area (Å²) in [7, 11) is 4.62. The van der Waals surface area contributed by atoms with Crippen molar-refractivity contribution in [3.05, 3.63) is 18.0 Å². The Bertz CT molecular complexity index is 757. The molecule has 1 amide bonds. The van der Waals surface area contributed by atoms with Crippen LogP contribution in [0, 0.1) is 0 Å². The molecule has 0 bridgehead atoms. The zero-order valence-corrected chi connectivity index (χ0v) is 18.0. The molecule has 0 unspecified atom stereocenters. The fourth-order valence-electron chi connectivity index (χ4n) is 2.95. The zero-order chi connectivity index (χ0) is 21.2. The van der Waals surface area contributed by atoms with Crippen molar-refractivity contribution in [3.63, 3.8) is 0 Å². The average molecular weight is 405 g/mol. The molecule has 0 radical (unpaired) electrons. The third-order valence-corrected chi connectivity index (χ3v) is 4.60. The summed E-state index contributed by atoms with van der Waals surface area (Å²) in [6.07, 6.45) is 4.14. The Labute approximate surface area is 172 Å². The van der Waals surface area contributed by atoms with Crippen LogP contribution in [0.3, 0.4) is 0 Å². The van der Waals surface area contributed by atoms with E-state index in [0.717, 1.165) is 38.8 Å². The zero-order valence-electron chi connectivity index (χ0n) is 18.0. The molecule has 1 aromatic heterocycles. The number of benzene rings is 1. The van der Waals surface area contributed by atoms with E-state index in [1.807, 2.05) is 4.90 Å². The van der Waals surface area contributed by atoms with Gasteiger partial charge in [0.25, 0.3) is 0 Å². The first-order valence-corrected chi connectivity index (χ1v) is 9.98. The largest absolute Gasteiger partial charge is 0.493 e. The first kappa shape index (κ1) is 22.5. The molecule has 0 spiro atoms. The van der Waals surface area contributed by atoms with Crippen molar-refractivity contribution in [2.45, 2.75) is 46.0 Å². The van der Waals surface area contributed by atoms with Gasteiger partial charge in [-0.3, -0.25) is 4.79 Å². The lowest BCUT2D eigenvalue weighted by atomic mass is 10.2. The quantitative estimate of drug-likeness (QED) is 0.532. The number of unbranched alkanes of at least 4 members (excludes halogenated alkanes) is 2. The fourth-order valence-corrected chi connectivity index (χ4v) is 2.95. The predicted octanol–water partition coefficient (Wildman–Crippen LogP) is 3.73. The summed E-state index contributed by atoms with van der Waals surface area (Å²) in [5.41, 5.74) is 0.625. The Morgan fingerprint density at radius 1 is 0.966 bits per heavy atom. The normalized spacial score (nSPS) is 10.7. The van der Waals surface area contributed by atoms with Crippen LogP contribution in [0.5, 0.6) is 17.2 Å². The van der Waals surface area contributed by atoms with Gasteiger partial charge in [0.15, 0.2) is 11.5 Å². The van der Waals surface area contributed by atoms with E-state index in [4.69, 9.17) is 18.6 Å². The number of carbonyl (C=O) groups excluding carboxylic acids is 1. The third kappa shape index (κ3) is 5.85. The lowest BCUT2D eigenvalue weighted by Crippen LogP contribution is -2.34. The van der Waals surface area contributed by atoms with Crippen LogP contribution >= 0.6 is 0 Å². The van der Waals surface area contributed by atoms with Crippen molar-refractivity contribution < 1.29 is 23.4 Å². The summed E-state index contributed by atoms with van der Waals surface area (Å²) in [5, 5.41) is 8.14. The van der Waals surface area contributed by atoms with Crippen molar-refractivity contribution in [1.82, 2.24) is 15.1 Å². The van der Waals surface area contributed by atoms with Gasteiger partial charge in [0, 0.05) is 18.7 Å². The minimum atomic E-state index is 0.00647. The van der Waals surface area contributed by atoms with Crippen molar-refractivity contribution in [2.75, 3.05) is 34.4 Å². The topological polar surface area (TPSA) is 86.9 Å². The highest BCUT2D eigenvalue weighted by Crippen LogP contribution is 2.40. The second kappa shape index (κ2) is 11.3. The number of hydrogen-bond acceptors (Lipinski definition) is 7. The average Bonchev–Trinajstić information content (AvgIpc) is 3.20. The molecular formula is C21H31N3O5. The van der Waals surface area contributed by atoms with E-state index in [2.05, 4.69) is 24.0 Å². The lowest BCUT2D eigenvalue weighted by Gasteiger charge is -2.21. The molecule has 1 aromatic carbocycles. The molecule has 0 saturated carbocycles. The minimum absolute atomic E-state index is 0.00647. The van der Waals surface area contributed by atoms with Gasteiger partial charge in [-0.25, -0.2) is 0 Å². The first-order valence-electron chi connectivity index (χ1n) is 9.98. The molecule has 2 rings (SSSR count). The van der Waals surface area contributed by atoms with Crippen LogP contribution in [0.2, 0.25) is 0 Å². The van der Waals surface area contributed by atoms with Crippen molar-refractivity contribution in [3.8, 4) is 28.7 Å². The highest BCUT2D eigenvalue weighted by atomic mass is 16.5. The number of amides is 1. The van der Waals surface area contributed by atoms with Gasteiger partial charge in [0.2, 0.25) is 23.4 Å². The van der Waals surface area contributed by atoms with Gasteiger partial charge in [-0.2, -0.15) is 0 Å². The molecule has 8 heteroatoms. The maximum Gasteiger partial charge on any atom is 0.248 e. The van der Waals surface area contributed by atoms with Gasteiger partial charge in [0.05, 0.1) is 21.3 Å². The molecule has 29 heavy (non-hydrogen) atoms. The Morgan fingerprint density at radius 3 is 2.03 bits per heavy atom. The van der Waals surface area contributed by atoms with E-state index < -0.39 is 0 Å². The predicted molar refractivity (Wildman–Crippen MR) is 109 cm³/mol. The van der Waals surface area contributed by atoms with Gasteiger partial charge in [-0.1, -0.05) is 26.7 Å². The van der Waals surface area contributed by atoms with E-state index in [0.29, 0.717) is 28.7 Å². The van der Waals surface area contributed by atoms with E-state index in [1.165, 1.54) is 0 Å². The van der Waals surface area contributed by atoms with E-state index >= 15 is 0 Å². The summed E-state index contributed by atoms with van der Waals surface area (Å²) in [4.78, 5) is 14.6. The molecule has 2 aromatic rings. The van der Waals surface area contributed by atoms with Crippen molar-refractivity contribution >= 4 is 5.91 Å². The second-order valence-electron chi connectivity index (χ2n) is 6.68. The molecule has 0 N–H and O–H groups in total. The summed E-state index contributed by atoms with van der Waals surface area (Å²) >= 11 is 0. The second-order valence-corrected chi connectivity index (χ2v) is 6.68. The van der Waals surface area contributed by atoms with Crippen LogP contribution in [-0.4, -0.2) is 55.4 Å². The van der Waals surface area contributed by atoms with Crippen LogP contribution in [-0.2, 0) is 11.2 Å². The first-order chi connectivity index (χ1) is 14.1. The van der Waals surface area contributed by atoms with E-state index in [1.54, 1.807) is 33.5 Å². The monoisotopic (exact) mass is 405 g/mol. The number of rotatable bonds is 12. The van der Waals surface area contributed by atoms with E-state index in [-0.39, 0.29) is 18.2 Å². The summed E-state index contributed by atoms with van der Waals surface area (Å²) in [6, 6.07) is 3.46. The molecule has 0 aliphatic rings. The molecule has 160 valence electrons. The smallest absolute Gasteiger partial charge is 0.248 e. The molecule has 0 saturated heterocycles. The van der Waals surface area contributed by atoms with Crippen molar-refractivity contribution in [2.24, 2.45) is 0 Å². The fraction of sp³-hybridized carbons (Fsp3) is 0.571. The number of methoxy groups -OCH3 is 3. The number of hydrogen-bond donors (Lipinski definition) is 0. The standard InChI is InChI=1S/C21H31N3O5/c1-6-8-10-24(11-9-7-2)19(25)14-18-22-23-21(29-18)15-12-16(26-3)20(28-5)17(13-15)27-4/h12-13H,6-11,14H2,1-5H3. The molecule has 0 atom stereocenters. The summed E-state index contributed by atoms with van der Waals surface area (Å²) in [5.74, 6) is 2.05. The number of aromatic nitrogens is 2. The number of ether oxygens (including phenoxy) is 3. The number of nitrogens with zero attached hydrogens (tertiary/aromatic N) is 3. The van der Waals surface area contributed by atoms with Gasteiger partial charge in [-0.15, -0.1) is 10.2 Å². The molecular weight excluding hydrogens is 374 g/mol. The lowest BCUT2D eigenvalue weighted by molar-refractivity contribution is -0.131. The Morgan fingerprint density at radius 2 is 1.55 bits per heavy atom. The van der Waals surface area contributed by atoms with Gasteiger partial charge in [-0.05, 0) is 25.0 Å². The van der Waals surface area contributed by atoms with Gasteiger partial charge < -0.3 is 23.5 Å². The molecule has 0 aliphatic carbocycles. The highest BCUT2D eigenvalue weighted by molar-refractivity contribution is 5.78. The van der Waals surface area contributed by atoms with Crippen LogP contribution < -0.4 is 14.2 Å². The van der Waals surface area contributed by atoms with Crippen LogP contribution in [0.1, 0.15) is 45.4 Å². The summed E-state index contributed by atoms with van der Waals surface area (Å²) in [6.45, 7) is 5.74. The minimum Gasteiger partial charge on any atom is -0.493 e. The van der Waals surface area contributed by atoms with Crippen LogP contribution in [0.25, 0.3) is 11.5 Å². The SMILES string of the molecule is CCCCN(CCCC)C(=O)Cc1nnc(-c2cc(OC)c(OC)c(OC)c2)o1. The highest BCUT2D eigenvalue weighted by Gasteiger charge is 2.20. The van der Waals surface area contributed by atoms with E-state index in [9.17, 15) is 4.79 Å². The third-order valence-electron chi connectivity index (χ3n) is 4.60. The molecule has 8 nitrogen and oxygen atoms in total. The molecule has 1 heterocycles. The van der Waals surface area contributed by atoms with Gasteiger partial charge >= 0.3 is 0 Å². The molecule has 0 aliphatic heterocycles.